The highest BCUT2D eigenvalue weighted by Crippen LogP contribution is 2.28. The molecule has 9 heteroatoms. The van der Waals surface area contributed by atoms with Gasteiger partial charge in [-0.05, 0) is 49.2 Å². The Balaban J connectivity index is 2.51. The van der Waals surface area contributed by atoms with E-state index >= 15 is 0 Å². The number of ether oxygens (including phenoxy) is 1. The molecule has 2 aromatic rings. The molecular formula is C16H16N2O6S. The van der Waals surface area contributed by atoms with E-state index in [1.807, 2.05) is 6.07 Å². The topological polar surface area (TPSA) is 116 Å². The lowest BCUT2D eigenvalue weighted by Gasteiger charge is -2.10. The number of carbonyl (C=O) groups excluding carboxylic acids is 1. The van der Waals surface area contributed by atoms with Crippen LogP contribution in [0, 0.1) is 24.0 Å². The molecule has 0 aliphatic heterocycles. The zero-order valence-corrected chi connectivity index (χ0v) is 14.6. The third-order valence-electron chi connectivity index (χ3n) is 3.34. The summed E-state index contributed by atoms with van der Waals surface area (Å²) in [5.41, 5.74) is 1.16. The molecule has 2 rings (SSSR count). The Morgan fingerprint density at radius 2 is 1.72 bits per heavy atom. The van der Waals surface area contributed by atoms with Gasteiger partial charge >= 0.3 is 5.97 Å². The van der Waals surface area contributed by atoms with E-state index < -0.39 is 31.5 Å². The van der Waals surface area contributed by atoms with Crippen LogP contribution in [-0.4, -0.2) is 26.4 Å². The summed E-state index contributed by atoms with van der Waals surface area (Å²) in [7, 11) is -3.09. The van der Waals surface area contributed by atoms with Gasteiger partial charge < -0.3 is 4.74 Å². The lowest BCUT2D eigenvalue weighted by Crippen LogP contribution is -2.15. The van der Waals surface area contributed by atoms with Gasteiger partial charge in [0.05, 0.1) is 17.6 Å². The smallest absolute Gasteiger partial charge is 0.338 e. The summed E-state index contributed by atoms with van der Waals surface area (Å²) in [5, 5.41) is 11.3. The van der Waals surface area contributed by atoms with Crippen molar-refractivity contribution in [2.24, 2.45) is 0 Å². The van der Waals surface area contributed by atoms with Crippen molar-refractivity contribution < 1.29 is 22.9 Å². The molecule has 0 spiro atoms. The molecule has 0 bridgehead atoms. The van der Waals surface area contributed by atoms with Crippen molar-refractivity contribution in [3.05, 3.63) is 63.2 Å². The third kappa shape index (κ3) is 4.13. The molecule has 0 saturated heterocycles. The summed E-state index contributed by atoms with van der Waals surface area (Å²) in [5.74, 6) is -0.797. The average Bonchev–Trinajstić information content (AvgIpc) is 2.51. The van der Waals surface area contributed by atoms with Gasteiger partial charge in [-0.3, -0.25) is 14.8 Å². The number of esters is 1. The van der Waals surface area contributed by atoms with Crippen molar-refractivity contribution in [3.8, 4) is 0 Å². The zero-order valence-electron chi connectivity index (χ0n) is 13.8. The van der Waals surface area contributed by atoms with Gasteiger partial charge in [0.15, 0.2) is 4.90 Å². The minimum atomic E-state index is -4.22. The van der Waals surface area contributed by atoms with Crippen molar-refractivity contribution in [3.63, 3.8) is 0 Å². The molecule has 0 aliphatic carbocycles. The van der Waals surface area contributed by atoms with Crippen LogP contribution in [0.25, 0.3) is 0 Å². The lowest BCUT2D eigenvalue weighted by atomic mass is 10.1. The monoisotopic (exact) mass is 364 g/mol. The number of anilines is 1. The SMILES string of the molecule is COC(=O)c1ccc(S(=O)(=O)Nc2cc(C)cc(C)c2)c([N+](=O)[O-])c1. The Kier molecular flexibility index (Phi) is 5.07. The molecule has 0 atom stereocenters. The highest BCUT2D eigenvalue weighted by Gasteiger charge is 2.27. The first-order valence-corrected chi connectivity index (χ1v) is 8.60. The van der Waals surface area contributed by atoms with Gasteiger partial charge in [0.1, 0.15) is 0 Å². The highest BCUT2D eigenvalue weighted by atomic mass is 32.2. The first-order valence-electron chi connectivity index (χ1n) is 7.12. The second kappa shape index (κ2) is 6.89. The maximum absolute atomic E-state index is 12.6. The number of hydrogen-bond acceptors (Lipinski definition) is 6. The van der Waals surface area contributed by atoms with Crippen LogP contribution in [0.5, 0.6) is 0 Å². The largest absolute Gasteiger partial charge is 0.465 e. The van der Waals surface area contributed by atoms with E-state index in [0.29, 0.717) is 5.69 Å². The molecule has 0 aromatic heterocycles. The Morgan fingerprint density at radius 3 is 2.24 bits per heavy atom. The summed E-state index contributed by atoms with van der Waals surface area (Å²) in [6.07, 6.45) is 0. The molecule has 0 amide bonds. The number of rotatable bonds is 5. The number of nitrogens with one attached hydrogen (secondary N) is 1. The summed E-state index contributed by atoms with van der Waals surface area (Å²) in [6, 6.07) is 8.13. The average molecular weight is 364 g/mol. The van der Waals surface area contributed by atoms with Gasteiger partial charge in [-0.25, -0.2) is 13.2 Å². The number of sulfonamides is 1. The van der Waals surface area contributed by atoms with E-state index in [-0.39, 0.29) is 5.56 Å². The van der Waals surface area contributed by atoms with Crippen LogP contribution >= 0.6 is 0 Å². The molecule has 0 fully saturated rings. The van der Waals surface area contributed by atoms with E-state index in [0.717, 1.165) is 36.4 Å². The predicted octanol–water partition coefficient (Wildman–Crippen LogP) is 2.80. The molecule has 132 valence electrons. The van der Waals surface area contributed by atoms with E-state index in [9.17, 15) is 23.3 Å². The van der Waals surface area contributed by atoms with Crippen LogP contribution in [0.4, 0.5) is 11.4 Å². The number of benzene rings is 2. The van der Waals surface area contributed by atoms with E-state index in [1.54, 1.807) is 26.0 Å². The molecule has 0 saturated carbocycles. The number of nitro benzene ring substituents is 1. The van der Waals surface area contributed by atoms with Crippen molar-refractivity contribution in [2.45, 2.75) is 18.7 Å². The van der Waals surface area contributed by atoms with Crippen LogP contribution in [-0.2, 0) is 14.8 Å². The van der Waals surface area contributed by atoms with Crippen molar-refractivity contribution >= 4 is 27.4 Å². The standard InChI is InChI=1S/C16H16N2O6S/c1-10-6-11(2)8-13(7-10)17-25(22,23)15-5-4-12(16(19)24-3)9-14(15)18(20)21/h4-9,17H,1-3H3. The minimum Gasteiger partial charge on any atom is -0.465 e. The molecular weight excluding hydrogens is 348 g/mol. The number of carbonyl (C=O) groups is 1. The van der Waals surface area contributed by atoms with Gasteiger partial charge in [-0.2, -0.15) is 0 Å². The Labute approximate surface area is 144 Å². The maximum atomic E-state index is 12.6. The summed E-state index contributed by atoms with van der Waals surface area (Å²) in [6.45, 7) is 3.61. The summed E-state index contributed by atoms with van der Waals surface area (Å²) >= 11 is 0. The van der Waals surface area contributed by atoms with Crippen LogP contribution in [0.15, 0.2) is 41.3 Å². The second-order valence-electron chi connectivity index (χ2n) is 5.41. The highest BCUT2D eigenvalue weighted by molar-refractivity contribution is 7.92. The number of nitro groups is 1. The van der Waals surface area contributed by atoms with Crippen molar-refractivity contribution in [1.82, 2.24) is 0 Å². The second-order valence-corrected chi connectivity index (χ2v) is 7.06. The van der Waals surface area contributed by atoms with Crippen molar-refractivity contribution in [1.29, 1.82) is 0 Å². The van der Waals surface area contributed by atoms with E-state index in [2.05, 4.69) is 9.46 Å². The predicted molar refractivity (Wildman–Crippen MR) is 91.2 cm³/mol. The summed E-state index contributed by atoms with van der Waals surface area (Å²) < 4.78 is 32.0. The molecule has 0 unspecified atom stereocenters. The van der Waals surface area contributed by atoms with E-state index in [4.69, 9.17) is 0 Å². The molecule has 8 nitrogen and oxygen atoms in total. The molecule has 0 heterocycles. The molecule has 1 N–H and O–H groups in total. The quantitative estimate of drug-likeness (QED) is 0.495. The van der Waals surface area contributed by atoms with Gasteiger partial charge in [-0.15, -0.1) is 0 Å². The Bertz CT molecular complexity index is 933. The third-order valence-corrected chi connectivity index (χ3v) is 4.77. The zero-order chi connectivity index (χ0) is 18.8. The Hall–Kier alpha value is -2.94. The number of aryl methyl sites for hydroxylation is 2. The number of methoxy groups -OCH3 is 1. The fourth-order valence-corrected chi connectivity index (χ4v) is 3.57. The van der Waals surface area contributed by atoms with Crippen LogP contribution in [0.1, 0.15) is 21.5 Å². The maximum Gasteiger partial charge on any atom is 0.338 e. The molecule has 2 aromatic carbocycles. The first kappa shape index (κ1) is 18.4. The fraction of sp³-hybridized carbons (Fsp3) is 0.188. The minimum absolute atomic E-state index is 0.112. The van der Waals surface area contributed by atoms with Gasteiger partial charge in [0.2, 0.25) is 0 Å². The lowest BCUT2D eigenvalue weighted by molar-refractivity contribution is -0.387. The number of hydrogen-bond donors (Lipinski definition) is 1. The van der Waals surface area contributed by atoms with Gasteiger partial charge in [0.25, 0.3) is 15.7 Å². The first-order chi connectivity index (χ1) is 11.6. The summed E-state index contributed by atoms with van der Waals surface area (Å²) in [4.78, 5) is 21.4. The molecule has 0 radical (unpaired) electrons. The van der Waals surface area contributed by atoms with Crippen LogP contribution < -0.4 is 4.72 Å². The Morgan fingerprint density at radius 1 is 1.12 bits per heavy atom. The van der Waals surface area contributed by atoms with Crippen LogP contribution in [0.2, 0.25) is 0 Å². The molecule has 25 heavy (non-hydrogen) atoms. The van der Waals surface area contributed by atoms with Gasteiger partial charge in [0, 0.05) is 11.8 Å². The number of nitrogens with zero attached hydrogens (tertiary/aromatic N) is 1. The van der Waals surface area contributed by atoms with Gasteiger partial charge in [-0.1, -0.05) is 6.07 Å². The fourth-order valence-electron chi connectivity index (χ4n) is 2.38. The van der Waals surface area contributed by atoms with Crippen molar-refractivity contribution in [2.75, 3.05) is 11.8 Å². The van der Waals surface area contributed by atoms with Crippen LogP contribution in [0.3, 0.4) is 0 Å². The molecule has 0 aliphatic rings. The normalized spacial score (nSPS) is 11.0. The van der Waals surface area contributed by atoms with E-state index in [1.165, 1.54) is 0 Å².